The third-order valence-corrected chi connectivity index (χ3v) is 2.49. The fourth-order valence-electron chi connectivity index (χ4n) is 1.59. The number of carbonyl (C=O) groups excluding carboxylic acids is 1. The number of rotatable bonds is 4. The lowest BCUT2D eigenvalue weighted by Crippen LogP contribution is -2.09. The molecule has 0 saturated carbocycles. The number of ketones is 1. The second-order valence-corrected chi connectivity index (χ2v) is 3.64. The van der Waals surface area contributed by atoms with Crippen molar-refractivity contribution in [2.45, 2.75) is 19.9 Å². The Morgan fingerprint density at radius 3 is 2.75 bits per heavy atom. The standard InChI is InChI=1S/C13H14N2O/c1-2-12(16)10-15-9-8-14-13(15)11-6-4-3-5-7-11/h3-9H,2,10H2,1H3. The van der Waals surface area contributed by atoms with E-state index in [1.807, 2.05) is 48.0 Å². The minimum absolute atomic E-state index is 0.218. The van der Waals surface area contributed by atoms with Crippen LogP contribution in [0.3, 0.4) is 0 Å². The lowest BCUT2D eigenvalue weighted by Gasteiger charge is -2.05. The van der Waals surface area contributed by atoms with Crippen LogP contribution in [0.2, 0.25) is 0 Å². The molecule has 0 amide bonds. The molecular formula is C13H14N2O. The molecule has 0 atom stereocenters. The second kappa shape index (κ2) is 4.75. The van der Waals surface area contributed by atoms with Gasteiger partial charge in [0.25, 0.3) is 0 Å². The van der Waals surface area contributed by atoms with Gasteiger partial charge in [-0.15, -0.1) is 0 Å². The maximum atomic E-state index is 11.4. The molecule has 0 aliphatic heterocycles. The largest absolute Gasteiger partial charge is 0.324 e. The fraction of sp³-hybridized carbons (Fsp3) is 0.231. The predicted molar refractivity (Wildman–Crippen MR) is 63.0 cm³/mol. The molecule has 1 aromatic heterocycles. The summed E-state index contributed by atoms with van der Waals surface area (Å²) in [6.45, 7) is 2.28. The molecule has 1 aromatic carbocycles. The van der Waals surface area contributed by atoms with Gasteiger partial charge in [0.1, 0.15) is 5.82 Å². The van der Waals surface area contributed by atoms with Gasteiger partial charge in [0.05, 0.1) is 6.54 Å². The highest BCUT2D eigenvalue weighted by Crippen LogP contribution is 2.16. The molecule has 0 aliphatic rings. The predicted octanol–water partition coefficient (Wildman–Crippen LogP) is 2.53. The Balaban J connectivity index is 2.29. The summed E-state index contributed by atoms with van der Waals surface area (Å²) in [4.78, 5) is 15.7. The summed E-state index contributed by atoms with van der Waals surface area (Å²) < 4.78 is 1.89. The molecule has 2 aromatic rings. The molecule has 2 rings (SSSR count). The van der Waals surface area contributed by atoms with Gasteiger partial charge in [0.15, 0.2) is 5.78 Å². The molecule has 0 bridgehead atoms. The van der Waals surface area contributed by atoms with Gasteiger partial charge in [-0.2, -0.15) is 0 Å². The number of benzene rings is 1. The van der Waals surface area contributed by atoms with Crippen LogP contribution in [0.1, 0.15) is 13.3 Å². The van der Waals surface area contributed by atoms with E-state index < -0.39 is 0 Å². The molecule has 0 radical (unpaired) electrons. The van der Waals surface area contributed by atoms with E-state index in [1.54, 1.807) is 6.20 Å². The molecule has 82 valence electrons. The zero-order valence-electron chi connectivity index (χ0n) is 9.26. The van der Waals surface area contributed by atoms with Gasteiger partial charge in [0.2, 0.25) is 0 Å². The van der Waals surface area contributed by atoms with Crippen LogP contribution in [0.15, 0.2) is 42.7 Å². The van der Waals surface area contributed by atoms with Gasteiger partial charge in [-0.3, -0.25) is 4.79 Å². The summed E-state index contributed by atoms with van der Waals surface area (Å²) in [6.07, 6.45) is 4.13. The minimum atomic E-state index is 0.218. The Hall–Kier alpha value is -1.90. The van der Waals surface area contributed by atoms with E-state index in [0.717, 1.165) is 11.4 Å². The normalized spacial score (nSPS) is 10.3. The van der Waals surface area contributed by atoms with Crippen molar-refractivity contribution in [3.8, 4) is 11.4 Å². The SMILES string of the molecule is CCC(=O)Cn1ccnc1-c1ccccc1. The summed E-state index contributed by atoms with van der Waals surface area (Å²) >= 11 is 0. The molecule has 0 saturated heterocycles. The van der Waals surface area contributed by atoms with E-state index in [4.69, 9.17) is 0 Å². The number of aromatic nitrogens is 2. The van der Waals surface area contributed by atoms with E-state index >= 15 is 0 Å². The van der Waals surface area contributed by atoms with Crippen LogP contribution in [-0.2, 0) is 11.3 Å². The molecular weight excluding hydrogens is 200 g/mol. The highest BCUT2D eigenvalue weighted by atomic mass is 16.1. The van der Waals surface area contributed by atoms with Crippen molar-refractivity contribution >= 4 is 5.78 Å². The highest BCUT2D eigenvalue weighted by Gasteiger charge is 2.07. The summed E-state index contributed by atoms with van der Waals surface area (Å²) in [5.41, 5.74) is 1.04. The van der Waals surface area contributed by atoms with Crippen LogP contribution in [0.4, 0.5) is 0 Å². The number of Topliss-reactive ketones (excluding diaryl/α,β-unsaturated/α-hetero) is 1. The lowest BCUT2D eigenvalue weighted by atomic mass is 10.2. The van der Waals surface area contributed by atoms with E-state index in [-0.39, 0.29) is 5.78 Å². The maximum absolute atomic E-state index is 11.4. The van der Waals surface area contributed by atoms with Gasteiger partial charge < -0.3 is 4.57 Å². The van der Waals surface area contributed by atoms with E-state index in [9.17, 15) is 4.79 Å². The van der Waals surface area contributed by atoms with E-state index in [0.29, 0.717) is 13.0 Å². The first kappa shape index (κ1) is 10.6. The number of nitrogens with zero attached hydrogens (tertiary/aromatic N) is 2. The molecule has 0 aliphatic carbocycles. The number of hydrogen-bond donors (Lipinski definition) is 0. The van der Waals surface area contributed by atoms with Gasteiger partial charge in [0, 0.05) is 24.4 Å². The van der Waals surface area contributed by atoms with Crippen molar-refractivity contribution in [2.24, 2.45) is 0 Å². The van der Waals surface area contributed by atoms with Gasteiger partial charge >= 0.3 is 0 Å². The van der Waals surface area contributed by atoms with Crippen molar-refractivity contribution in [3.05, 3.63) is 42.7 Å². The van der Waals surface area contributed by atoms with Gasteiger partial charge in [-0.05, 0) is 0 Å². The summed E-state index contributed by atoms with van der Waals surface area (Å²) in [7, 11) is 0. The van der Waals surface area contributed by atoms with Crippen LogP contribution in [0, 0.1) is 0 Å². The summed E-state index contributed by atoms with van der Waals surface area (Å²) in [5.74, 6) is 1.07. The fourth-order valence-corrected chi connectivity index (χ4v) is 1.59. The van der Waals surface area contributed by atoms with Crippen LogP contribution >= 0.6 is 0 Å². The second-order valence-electron chi connectivity index (χ2n) is 3.64. The van der Waals surface area contributed by atoms with Crippen LogP contribution in [0.25, 0.3) is 11.4 Å². The molecule has 0 spiro atoms. The molecule has 1 heterocycles. The van der Waals surface area contributed by atoms with Crippen molar-refractivity contribution in [1.29, 1.82) is 0 Å². The topological polar surface area (TPSA) is 34.9 Å². The molecule has 3 nitrogen and oxygen atoms in total. The summed E-state index contributed by atoms with van der Waals surface area (Å²) in [5, 5.41) is 0. The minimum Gasteiger partial charge on any atom is -0.324 e. The molecule has 16 heavy (non-hydrogen) atoms. The Kier molecular flexibility index (Phi) is 3.15. The van der Waals surface area contributed by atoms with Crippen molar-refractivity contribution in [1.82, 2.24) is 9.55 Å². The Morgan fingerprint density at radius 1 is 1.31 bits per heavy atom. The van der Waals surface area contributed by atoms with Crippen molar-refractivity contribution < 1.29 is 4.79 Å². The third kappa shape index (κ3) is 2.19. The average Bonchev–Trinajstić information content (AvgIpc) is 2.78. The molecule has 0 unspecified atom stereocenters. The zero-order valence-corrected chi connectivity index (χ0v) is 9.26. The Bertz CT molecular complexity index is 474. The van der Waals surface area contributed by atoms with Crippen molar-refractivity contribution in [3.63, 3.8) is 0 Å². The average molecular weight is 214 g/mol. The first-order valence-electron chi connectivity index (χ1n) is 5.39. The number of hydrogen-bond acceptors (Lipinski definition) is 2. The molecule has 3 heteroatoms. The van der Waals surface area contributed by atoms with Gasteiger partial charge in [-0.25, -0.2) is 4.98 Å². The first-order valence-corrected chi connectivity index (χ1v) is 5.39. The quantitative estimate of drug-likeness (QED) is 0.783. The summed E-state index contributed by atoms with van der Waals surface area (Å²) in [6, 6.07) is 9.89. The monoisotopic (exact) mass is 214 g/mol. The van der Waals surface area contributed by atoms with Crippen LogP contribution in [-0.4, -0.2) is 15.3 Å². The molecule has 0 fully saturated rings. The van der Waals surface area contributed by atoms with Crippen LogP contribution < -0.4 is 0 Å². The molecule has 0 N–H and O–H groups in total. The van der Waals surface area contributed by atoms with Gasteiger partial charge in [-0.1, -0.05) is 37.3 Å². The Morgan fingerprint density at radius 2 is 2.06 bits per heavy atom. The van der Waals surface area contributed by atoms with Crippen LogP contribution in [0.5, 0.6) is 0 Å². The number of imidazole rings is 1. The van der Waals surface area contributed by atoms with E-state index in [2.05, 4.69) is 4.98 Å². The maximum Gasteiger partial charge on any atom is 0.152 e. The van der Waals surface area contributed by atoms with E-state index in [1.165, 1.54) is 0 Å². The zero-order chi connectivity index (χ0) is 11.4. The Labute approximate surface area is 94.7 Å². The third-order valence-electron chi connectivity index (χ3n) is 2.49. The van der Waals surface area contributed by atoms with Crippen molar-refractivity contribution in [2.75, 3.05) is 0 Å². The smallest absolute Gasteiger partial charge is 0.152 e. The first-order chi connectivity index (χ1) is 7.81. The lowest BCUT2D eigenvalue weighted by molar-refractivity contribution is -0.119. The highest BCUT2D eigenvalue weighted by molar-refractivity contribution is 5.78. The number of carbonyl (C=O) groups is 1.